The predicted molar refractivity (Wildman–Crippen MR) is 84.7 cm³/mol. The molecular weight excluding hydrogens is 246 g/mol. The first-order chi connectivity index (χ1) is 9.86. The number of aliphatic imine (C=N–C) groups is 1. The van der Waals surface area contributed by atoms with Crippen molar-refractivity contribution in [3.8, 4) is 0 Å². The lowest BCUT2D eigenvalue weighted by atomic mass is 10.0. The molecule has 2 nitrogen and oxygen atoms in total. The largest absolute Gasteiger partial charge is 0.456 e. The van der Waals surface area contributed by atoms with E-state index >= 15 is 0 Å². The normalized spacial score (nSPS) is 12.1. The highest BCUT2D eigenvalue weighted by Gasteiger charge is 2.10. The third kappa shape index (κ3) is 1.55. The first-order valence-electron chi connectivity index (χ1n) is 6.63. The zero-order valence-corrected chi connectivity index (χ0v) is 11.1. The van der Waals surface area contributed by atoms with Crippen LogP contribution in [0.1, 0.15) is 5.56 Å². The summed E-state index contributed by atoms with van der Waals surface area (Å²) < 4.78 is 5.99. The maximum Gasteiger partial charge on any atom is 0.136 e. The Kier molecular flexibility index (Phi) is 2.36. The van der Waals surface area contributed by atoms with E-state index in [-0.39, 0.29) is 0 Å². The summed E-state index contributed by atoms with van der Waals surface area (Å²) in [5.74, 6) is 0. The van der Waals surface area contributed by atoms with E-state index in [0.29, 0.717) is 0 Å². The van der Waals surface area contributed by atoms with E-state index in [1.54, 1.807) is 7.05 Å². The number of fused-ring (bicyclic) bond motifs is 5. The molecule has 2 heteroatoms. The van der Waals surface area contributed by atoms with Gasteiger partial charge in [0.15, 0.2) is 0 Å². The molecule has 0 atom stereocenters. The van der Waals surface area contributed by atoms with E-state index in [0.717, 1.165) is 22.1 Å². The molecule has 1 heterocycles. The molecule has 0 aliphatic heterocycles. The van der Waals surface area contributed by atoms with Gasteiger partial charge in [0, 0.05) is 24.0 Å². The van der Waals surface area contributed by atoms with Gasteiger partial charge in [0.2, 0.25) is 0 Å². The van der Waals surface area contributed by atoms with Crippen LogP contribution in [-0.4, -0.2) is 13.3 Å². The summed E-state index contributed by atoms with van der Waals surface area (Å²) in [6.07, 6.45) is 1.84. The molecule has 4 aromatic rings. The second kappa shape index (κ2) is 4.20. The van der Waals surface area contributed by atoms with Crippen molar-refractivity contribution >= 4 is 38.9 Å². The van der Waals surface area contributed by atoms with Crippen LogP contribution in [-0.2, 0) is 0 Å². The number of furan rings is 1. The van der Waals surface area contributed by atoms with Crippen molar-refractivity contribution in [3.05, 3.63) is 60.2 Å². The Bertz CT molecular complexity index is 963. The van der Waals surface area contributed by atoms with Crippen LogP contribution in [0.5, 0.6) is 0 Å². The fourth-order valence-corrected chi connectivity index (χ4v) is 2.79. The number of benzene rings is 3. The summed E-state index contributed by atoms with van der Waals surface area (Å²) in [5, 5.41) is 4.82. The molecule has 20 heavy (non-hydrogen) atoms. The molecule has 0 amide bonds. The Morgan fingerprint density at radius 1 is 0.900 bits per heavy atom. The molecule has 0 aliphatic rings. The molecule has 0 spiro atoms. The van der Waals surface area contributed by atoms with E-state index < -0.39 is 0 Å². The maximum absolute atomic E-state index is 5.99. The van der Waals surface area contributed by atoms with Gasteiger partial charge in [-0.1, -0.05) is 36.4 Å². The van der Waals surface area contributed by atoms with Crippen LogP contribution in [0.2, 0.25) is 0 Å². The van der Waals surface area contributed by atoms with Crippen molar-refractivity contribution in [3.63, 3.8) is 0 Å². The minimum Gasteiger partial charge on any atom is -0.456 e. The van der Waals surface area contributed by atoms with Crippen molar-refractivity contribution in [2.75, 3.05) is 7.05 Å². The van der Waals surface area contributed by atoms with Crippen LogP contribution in [0, 0.1) is 0 Å². The lowest BCUT2D eigenvalue weighted by molar-refractivity contribution is 0.669. The van der Waals surface area contributed by atoms with Crippen molar-refractivity contribution in [1.29, 1.82) is 0 Å². The third-order valence-electron chi connectivity index (χ3n) is 3.66. The van der Waals surface area contributed by atoms with Crippen LogP contribution < -0.4 is 0 Å². The monoisotopic (exact) mass is 259 g/mol. The Morgan fingerprint density at radius 3 is 2.70 bits per heavy atom. The first kappa shape index (κ1) is 11.2. The topological polar surface area (TPSA) is 25.5 Å². The number of nitrogens with zero attached hydrogens (tertiary/aromatic N) is 1. The zero-order chi connectivity index (χ0) is 13.5. The van der Waals surface area contributed by atoms with Crippen LogP contribution in [0.3, 0.4) is 0 Å². The summed E-state index contributed by atoms with van der Waals surface area (Å²) in [6.45, 7) is 0. The molecule has 0 unspecified atom stereocenters. The predicted octanol–water partition coefficient (Wildman–Crippen LogP) is 4.79. The minimum absolute atomic E-state index is 0.911. The number of hydrogen-bond acceptors (Lipinski definition) is 2. The van der Waals surface area contributed by atoms with Gasteiger partial charge < -0.3 is 4.42 Å². The molecule has 0 aliphatic carbocycles. The average molecular weight is 259 g/mol. The lowest BCUT2D eigenvalue weighted by Crippen LogP contribution is -1.79. The highest BCUT2D eigenvalue weighted by molar-refractivity contribution is 6.19. The SMILES string of the molecule is C/N=C\c1ccc2c(c1)oc1ccc3ccccc3c12. The lowest BCUT2D eigenvalue weighted by Gasteiger charge is -1.98. The van der Waals surface area contributed by atoms with Gasteiger partial charge in [-0.2, -0.15) is 0 Å². The highest BCUT2D eigenvalue weighted by Crippen LogP contribution is 2.34. The van der Waals surface area contributed by atoms with E-state index in [4.69, 9.17) is 4.42 Å². The van der Waals surface area contributed by atoms with Gasteiger partial charge in [-0.15, -0.1) is 0 Å². The van der Waals surface area contributed by atoms with Gasteiger partial charge in [0.25, 0.3) is 0 Å². The molecule has 0 fully saturated rings. The number of rotatable bonds is 1. The summed E-state index contributed by atoms with van der Waals surface area (Å²) in [4.78, 5) is 4.05. The van der Waals surface area contributed by atoms with Crippen molar-refractivity contribution in [2.45, 2.75) is 0 Å². The number of hydrogen-bond donors (Lipinski definition) is 0. The molecular formula is C18H13NO. The Labute approximate surface area is 116 Å². The summed E-state index contributed by atoms with van der Waals surface area (Å²) >= 11 is 0. The first-order valence-corrected chi connectivity index (χ1v) is 6.63. The van der Waals surface area contributed by atoms with Gasteiger partial charge in [0.05, 0.1) is 0 Å². The van der Waals surface area contributed by atoms with Crippen LogP contribution in [0.25, 0.3) is 32.7 Å². The molecule has 0 saturated heterocycles. The van der Waals surface area contributed by atoms with Crippen molar-refractivity contribution in [1.82, 2.24) is 0 Å². The van der Waals surface area contributed by atoms with Crippen LogP contribution in [0.4, 0.5) is 0 Å². The fourth-order valence-electron chi connectivity index (χ4n) is 2.79. The van der Waals surface area contributed by atoms with Gasteiger partial charge in [0.1, 0.15) is 11.2 Å². The quantitative estimate of drug-likeness (QED) is 0.451. The van der Waals surface area contributed by atoms with Crippen molar-refractivity contribution in [2.24, 2.45) is 4.99 Å². The Morgan fingerprint density at radius 2 is 1.80 bits per heavy atom. The molecule has 0 bridgehead atoms. The molecule has 0 saturated carbocycles. The molecule has 96 valence electrons. The third-order valence-corrected chi connectivity index (χ3v) is 3.66. The molecule has 3 aromatic carbocycles. The van der Waals surface area contributed by atoms with Gasteiger partial charge >= 0.3 is 0 Å². The Balaban J connectivity index is 2.17. The highest BCUT2D eigenvalue weighted by atomic mass is 16.3. The van der Waals surface area contributed by atoms with Gasteiger partial charge in [-0.05, 0) is 34.5 Å². The fraction of sp³-hybridized carbons (Fsp3) is 0.0556. The summed E-state index contributed by atoms with van der Waals surface area (Å²) in [6, 6.07) is 18.8. The molecule has 0 N–H and O–H groups in total. The van der Waals surface area contributed by atoms with Crippen molar-refractivity contribution < 1.29 is 4.42 Å². The molecule has 4 rings (SSSR count). The minimum atomic E-state index is 0.911. The van der Waals surface area contributed by atoms with Gasteiger partial charge in [-0.25, -0.2) is 0 Å². The maximum atomic E-state index is 5.99. The van der Waals surface area contributed by atoms with E-state index in [1.165, 1.54) is 16.2 Å². The average Bonchev–Trinajstić information content (AvgIpc) is 2.85. The second-order valence-electron chi connectivity index (χ2n) is 4.90. The molecule has 0 radical (unpaired) electrons. The summed E-state index contributed by atoms with van der Waals surface area (Å²) in [5.41, 5.74) is 2.90. The van der Waals surface area contributed by atoms with Crippen LogP contribution in [0.15, 0.2) is 64.0 Å². The Hall–Kier alpha value is -2.61. The van der Waals surface area contributed by atoms with E-state index in [9.17, 15) is 0 Å². The van der Waals surface area contributed by atoms with Gasteiger partial charge in [-0.3, -0.25) is 4.99 Å². The van der Waals surface area contributed by atoms with E-state index in [2.05, 4.69) is 47.5 Å². The second-order valence-corrected chi connectivity index (χ2v) is 4.90. The smallest absolute Gasteiger partial charge is 0.136 e. The summed E-state index contributed by atoms with van der Waals surface area (Å²) in [7, 11) is 1.77. The zero-order valence-electron chi connectivity index (χ0n) is 11.1. The molecule has 1 aromatic heterocycles. The van der Waals surface area contributed by atoms with E-state index in [1.807, 2.05) is 18.3 Å². The van der Waals surface area contributed by atoms with Crippen LogP contribution >= 0.6 is 0 Å². The standard InChI is InChI=1S/C18H13NO/c1-19-11-12-6-8-15-17(10-12)20-16-9-7-13-4-2-3-5-14(13)18(15)16/h2-11H,1H3/b19-11-.